The third-order valence-corrected chi connectivity index (χ3v) is 3.35. The van der Waals surface area contributed by atoms with Crippen molar-refractivity contribution in [2.75, 3.05) is 7.11 Å². The van der Waals surface area contributed by atoms with Gasteiger partial charge in [0.2, 0.25) is 0 Å². The van der Waals surface area contributed by atoms with E-state index in [4.69, 9.17) is 4.74 Å². The number of amides is 1. The van der Waals surface area contributed by atoms with E-state index in [1.165, 1.54) is 5.56 Å². The van der Waals surface area contributed by atoms with E-state index in [0.29, 0.717) is 0 Å². The third kappa shape index (κ3) is 4.85. The van der Waals surface area contributed by atoms with Gasteiger partial charge in [-0.3, -0.25) is 4.79 Å². The maximum absolute atomic E-state index is 12.0. The summed E-state index contributed by atoms with van der Waals surface area (Å²) in [4.78, 5) is 12.0. The second kappa shape index (κ2) is 7.90. The molecule has 112 valence electrons. The standard InChI is InChI=1S/C16H26N2O2/c1-6-15(13-7-9-14(20-5)10-8-13)18-12(4)16(19)17-11(2)3/h7-12,15,18H,6H2,1-5H3,(H,17,19)/p+1/t12-,15-/m1/s1. The Labute approximate surface area is 121 Å². The minimum absolute atomic E-state index is 0.0898. The van der Waals surface area contributed by atoms with Crippen LogP contribution in [0.15, 0.2) is 24.3 Å². The predicted molar refractivity (Wildman–Crippen MR) is 80.7 cm³/mol. The largest absolute Gasteiger partial charge is 0.497 e. The summed E-state index contributed by atoms with van der Waals surface area (Å²) in [6, 6.07) is 8.43. The van der Waals surface area contributed by atoms with Gasteiger partial charge < -0.3 is 15.4 Å². The average molecular weight is 279 g/mol. The van der Waals surface area contributed by atoms with E-state index in [1.54, 1.807) is 7.11 Å². The van der Waals surface area contributed by atoms with E-state index in [0.717, 1.165) is 12.2 Å². The molecule has 0 aromatic heterocycles. The van der Waals surface area contributed by atoms with Crippen molar-refractivity contribution >= 4 is 5.91 Å². The lowest BCUT2D eigenvalue weighted by Gasteiger charge is -2.20. The van der Waals surface area contributed by atoms with Crippen LogP contribution in [0.3, 0.4) is 0 Å². The highest BCUT2D eigenvalue weighted by atomic mass is 16.5. The highest BCUT2D eigenvalue weighted by Gasteiger charge is 2.22. The number of carbonyl (C=O) groups is 1. The molecule has 0 heterocycles. The van der Waals surface area contributed by atoms with Crippen LogP contribution in [0, 0.1) is 0 Å². The molecule has 4 heteroatoms. The molecule has 0 saturated heterocycles. The second-order valence-corrected chi connectivity index (χ2v) is 5.43. The molecule has 0 aliphatic rings. The van der Waals surface area contributed by atoms with Gasteiger partial charge in [0.25, 0.3) is 5.91 Å². The zero-order valence-electron chi connectivity index (χ0n) is 13.1. The minimum atomic E-state index is -0.0931. The van der Waals surface area contributed by atoms with Crippen molar-refractivity contribution in [3.05, 3.63) is 29.8 Å². The van der Waals surface area contributed by atoms with Gasteiger partial charge in [-0.1, -0.05) is 6.92 Å². The minimum Gasteiger partial charge on any atom is -0.497 e. The molecule has 4 nitrogen and oxygen atoms in total. The second-order valence-electron chi connectivity index (χ2n) is 5.43. The van der Waals surface area contributed by atoms with Crippen molar-refractivity contribution in [3.8, 4) is 5.75 Å². The van der Waals surface area contributed by atoms with E-state index >= 15 is 0 Å². The molecule has 1 aromatic carbocycles. The molecule has 0 spiro atoms. The van der Waals surface area contributed by atoms with Gasteiger partial charge in [0.1, 0.15) is 11.8 Å². The highest BCUT2D eigenvalue weighted by molar-refractivity contribution is 5.80. The maximum atomic E-state index is 12.0. The van der Waals surface area contributed by atoms with Crippen LogP contribution in [0.4, 0.5) is 0 Å². The molecule has 0 fully saturated rings. The first kappa shape index (κ1) is 16.5. The molecule has 0 saturated carbocycles. The summed E-state index contributed by atoms with van der Waals surface area (Å²) in [5.41, 5.74) is 1.22. The summed E-state index contributed by atoms with van der Waals surface area (Å²) in [7, 11) is 1.66. The molecule has 2 atom stereocenters. The average Bonchev–Trinajstić information content (AvgIpc) is 2.43. The van der Waals surface area contributed by atoms with E-state index in [2.05, 4.69) is 29.7 Å². The molecule has 0 bridgehead atoms. The Morgan fingerprint density at radius 3 is 2.30 bits per heavy atom. The van der Waals surface area contributed by atoms with E-state index in [-0.39, 0.29) is 24.0 Å². The molecule has 3 N–H and O–H groups in total. The third-order valence-electron chi connectivity index (χ3n) is 3.35. The zero-order valence-corrected chi connectivity index (χ0v) is 13.1. The molecular weight excluding hydrogens is 252 g/mol. The molecule has 1 amide bonds. The molecule has 1 rings (SSSR count). The van der Waals surface area contributed by atoms with Crippen molar-refractivity contribution in [1.82, 2.24) is 5.32 Å². The van der Waals surface area contributed by atoms with Crippen LogP contribution in [0.5, 0.6) is 5.75 Å². The fourth-order valence-corrected chi connectivity index (χ4v) is 2.19. The number of methoxy groups -OCH3 is 1. The highest BCUT2D eigenvalue weighted by Crippen LogP contribution is 2.17. The van der Waals surface area contributed by atoms with Crippen LogP contribution in [0.25, 0.3) is 0 Å². The van der Waals surface area contributed by atoms with Crippen LogP contribution >= 0.6 is 0 Å². The van der Waals surface area contributed by atoms with Gasteiger partial charge >= 0.3 is 0 Å². The maximum Gasteiger partial charge on any atom is 0.278 e. The number of carbonyl (C=O) groups excluding carboxylic acids is 1. The first-order chi connectivity index (χ1) is 9.47. The van der Waals surface area contributed by atoms with Gasteiger partial charge in [-0.25, -0.2) is 0 Å². The summed E-state index contributed by atoms with van der Waals surface area (Å²) >= 11 is 0. The van der Waals surface area contributed by atoms with Crippen molar-refractivity contribution in [2.24, 2.45) is 0 Å². The summed E-state index contributed by atoms with van der Waals surface area (Å²) in [6.07, 6.45) is 0.978. The monoisotopic (exact) mass is 279 g/mol. The molecule has 20 heavy (non-hydrogen) atoms. The van der Waals surface area contributed by atoms with Gasteiger partial charge in [-0.2, -0.15) is 0 Å². The number of ether oxygens (including phenoxy) is 1. The van der Waals surface area contributed by atoms with Crippen LogP contribution in [-0.4, -0.2) is 25.1 Å². The number of hydrogen-bond acceptors (Lipinski definition) is 2. The first-order valence-electron chi connectivity index (χ1n) is 7.27. The van der Waals surface area contributed by atoms with Gasteiger partial charge in [0.15, 0.2) is 6.04 Å². The fraction of sp³-hybridized carbons (Fsp3) is 0.562. The van der Waals surface area contributed by atoms with Crippen LogP contribution in [0.2, 0.25) is 0 Å². The van der Waals surface area contributed by atoms with E-state index in [9.17, 15) is 4.79 Å². The van der Waals surface area contributed by atoms with Gasteiger partial charge in [-0.15, -0.1) is 0 Å². The molecule has 0 aliphatic heterocycles. The van der Waals surface area contributed by atoms with E-state index < -0.39 is 0 Å². The Bertz CT molecular complexity index is 415. The smallest absolute Gasteiger partial charge is 0.278 e. The molecule has 0 unspecified atom stereocenters. The number of hydrogen-bond donors (Lipinski definition) is 2. The Morgan fingerprint density at radius 1 is 1.25 bits per heavy atom. The van der Waals surface area contributed by atoms with Gasteiger partial charge in [0, 0.05) is 18.0 Å². The van der Waals surface area contributed by atoms with Gasteiger partial charge in [-0.05, 0) is 45.0 Å². The van der Waals surface area contributed by atoms with E-state index in [1.807, 2.05) is 32.9 Å². The lowest BCUT2D eigenvalue weighted by Crippen LogP contribution is -2.92. The summed E-state index contributed by atoms with van der Waals surface area (Å²) in [5.74, 6) is 0.946. The summed E-state index contributed by atoms with van der Waals surface area (Å²) in [5, 5.41) is 5.08. The molecule has 1 aromatic rings. The van der Waals surface area contributed by atoms with Gasteiger partial charge in [0.05, 0.1) is 7.11 Å². The topological polar surface area (TPSA) is 54.9 Å². The Kier molecular flexibility index (Phi) is 6.52. The van der Waals surface area contributed by atoms with Crippen molar-refractivity contribution in [2.45, 2.75) is 52.2 Å². The first-order valence-corrected chi connectivity index (χ1v) is 7.27. The van der Waals surface area contributed by atoms with Crippen LogP contribution in [-0.2, 0) is 4.79 Å². The van der Waals surface area contributed by atoms with Crippen molar-refractivity contribution < 1.29 is 14.8 Å². The lowest BCUT2D eigenvalue weighted by molar-refractivity contribution is -0.713. The molecular formula is C16H27N2O2+. The summed E-state index contributed by atoms with van der Waals surface area (Å²) in [6.45, 7) is 8.04. The lowest BCUT2D eigenvalue weighted by atomic mass is 10.0. The fourth-order valence-electron chi connectivity index (χ4n) is 2.19. The van der Waals surface area contributed by atoms with Crippen LogP contribution in [0.1, 0.15) is 45.7 Å². The number of nitrogens with two attached hydrogens (primary N) is 1. The van der Waals surface area contributed by atoms with Crippen molar-refractivity contribution in [3.63, 3.8) is 0 Å². The normalized spacial score (nSPS) is 13.9. The number of nitrogens with one attached hydrogen (secondary N) is 1. The number of benzene rings is 1. The number of rotatable bonds is 7. The van der Waals surface area contributed by atoms with Crippen LogP contribution < -0.4 is 15.4 Å². The molecule has 0 aliphatic carbocycles. The SMILES string of the molecule is CC[C@@H]([NH2+][C@H](C)C(=O)NC(C)C)c1ccc(OC)cc1. The summed E-state index contributed by atoms with van der Waals surface area (Å²) < 4.78 is 5.17. The Hall–Kier alpha value is -1.55. The number of quaternary nitrogens is 1. The van der Waals surface area contributed by atoms with Crippen molar-refractivity contribution in [1.29, 1.82) is 0 Å². The Balaban J connectivity index is 2.68. The Morgan fingerprint density at radius 2 is 1.85 bits per heavy atom. The quantitative estimate of drug-likeness (QED) is 0.797. The zero-order chi connectivity index (χ0) is 15.1. The predicted octanol–water partition coefficient (Wildman–Crippen LogP) is 1.62. The molecule has 0 radical (unpaired) electrons.